The van der Waals surface area contributed by atoms with Crippen LogP contribution in [0.3, 0.4) is 0 Å². The fourth-order valence-electron chi connectivity index (χ4n) is 3.47. The van der Waals surface area contributed by atoms with Crippen molar-refractivity contribution in [1.29, 1.82) is 0 Å². The number of ether oxygens (including phenoxy) is 2. The minimum absolute atomic E-state index is 0.331. The first kappa shape index (κ1) is 15.0. The fourth-order valence-corrected chi connectivity index (χ4v) is 3.47. The Labute approximate surface area is 127 Å². The molecule has 2 atom stereocenters. The summed E-state index contributed by atoms with van der Waals surface area (Å²) in [6.07, 6.45) is 9.63. The molecular weight excluding hydrogens is 266 g/mol. The summed E-state index contributed by atoms with van der Waals surface area (Å²) in [5, 5.41) is 3.89. The monoisotopic (exact) mass is 293 g/mol. The standard InChI is InChI=1S/C16H27N3O2/c1-19-8-7-17-16(19)15(13-4-10-21-11-5-13)18-14-3-2-9-20-12-6-14/h7-8,13-15,18H,2-6,9-12H2,1H3. The van der Waals surface area contributed by atoms with E-state index in [0.717, 1.165) is 57.9 Å². The van der Waals surface area contributed by atoms with Gasteiger partial charge in [-0.25, -0.2) is 4.98 Å². The number of nitrogens with zero attached hydrogens (tertiary/aromatic N) is 2. The van der Waals surface area contributed by atoms with Crippen molar-refractivity contribution in [1.82, 2.24) is 14.9 Å². The van der Waals surface area contributed by atoms with Gasteiger partial charge in [-0.3, -0.25) is 0 Å². The molecule has 0 radical (unpaired) electrons. The predicted molar refractivity (Wildman–Crippen MR) is 81.1 cm³/mol. The number of hydrogen-bond donors (Lipinski definition) is 1. The Morgan fingerprint density at radius 3 is 2.67 bits per heavy atom. The third-order valence-corrected chi connectivity index (χ3v) is 4.74. The van der Waals surface area contributed by atoms with E-state index in [1.165, 1.54) is 6.42 Å². The van der Waals surface area contributed by atoms with Crippen LogP contribution in [0.5, 0.6) is 0 Å². The van der Waals surface area contributed by atoms with Crippen LogP contribution in [0.4, 0.5) is 0 Å². The van der Waals surface area contributed by atoms with Gasteiger partial charge in [0.25, 0.3) is 0 Å². The number of aryl methyl sites for hydroxylation is 1. The van der Waals surface area contributed by atoms with E-state index in [0.29, 0.717) is 18.0 Å². The molecule has 3 heterocycles. The Hall–Kier alpha value is -0.910. The van der Waals surface area contributed by atoms with E-state index >= 15 is 0 Å². The molecule has 1 aromatic heterocycles. The average molecular weight is 293 g/mol. The second-order valence-corrected chi connectivity index (χ2v) is 6.23. The van der Waals surface area contributed by atoms with Crippen LogP contribution in [-0.4, -0.2) is 42.0 Å². The predicted octanol–water partition coefficient (Wildman–Crippen LogP) is 2.05. The van der Waals surface area contributed by atoms with E-state index in [4.69, 9.17) is 9.47 Å². The summed E-state index contributed by atoms with van der Waals surface area (Å²) in [5.41, 5.74) is 0. The van der Waals surface area contributed by atoms with E-state index in [1.807, 2.05) is 12.4 Å². The molecule has 2 aliphatic rings. The van der Waals surface area contributed by atoms with Gasteiger partial charge in [0, 0.05) is 51.9 Å². The zero-order valence-corrected chi connectivity index (χ0v) is 13.0. The van der Waals surface area contributed by atoms with Crippen LogP contribution in [0, 0.1) is 5.92 Å². The second kappa shape index (κ2) is 7.38. The smallest absolute Gasteiger partial charge is 0.125 e. The van der Waals surface area contributed by atoms with Crippen molar-refractivity contribution in [3.05, 3.63) is 18.2 Å². The molecule has 2 aliphatic heterocycles. The quantitative estimate of drug-likeness (QED) is 0.923. The first-order valence-electron chi connectivity index (χ1n) is 8.23. The lowest BCUT2D eigenvalue weighted by atomic mass is 9.90. The number of nitrogens with one attached hydrogen (secondary N) is 1. The molecular formula is C16H27N3O2. The maximum absolute atomic E-state index is 5.59. The van der Waals surface area contributed by atoms with Crippen molar-refractivity contribution in [3.63, 3.8) is 0 Å². The summed E-state index contributed by atoms with van der Waals surface area (Å²) in [4.78, 5) is 4.61. The van der Waals surface area contributed by atoms with Crippen molar-refractivity contribution < 1.29 is 9.47 Å². The maximum Gasteiger partial charge on any atom is 0.125 e. The molecule has 0 amide bonds. The van der Waals surface area contributed by atoms with Gasteiger partial charge in [0.2, 0.25) is 0 Å². The molecule has 2 saturated heterocycles. The van der Waals surface area contributed by atoms with E-state index in [9.17, 15) is 0 Å². The van der Waals surface area contributed by atoms with Crippen LogP contribution in [0.2, 0.25) is 0 Å². The topological polar surface area (TPSA) is 48.3 Å². The lowest BCUT2D eigenvalue weighted by Gasteiger charge is -2.33. The molecule has 21 heavy (non-hydrogen) atoms. The molecule has 3 rings (SSSR count). The summed E-state index contributed by atoms with van der Waals surface area (Å²) in [6.45, 7) is 3.53. The molecule has 2 unspecified atom stereocenters. The van der Waals surface area contributed by atoms with Crippen LogP contribution in [0.25, 0.3) is 0 Å². The highest BCUT2D eigenvalue weighted by atomic mass is 16.5. The SMILES string of the molecule is Cn1ccnc1C(NC1CCCOCC1)C1CCOCC1. The minimum Gasteiger partial charge on any atom is -0.381 e. The first-order chi connectivity index (χ1) is 10.3. The summed E-state index contributed by atoms with van der Waals surface area (Å²) in [5.74, 6) is 1.77. The molecule has 5 heteroatoms. The Balaban J connectivity index is 1.73. The molecule has 2 fully saturated rings. The minimum atomic E-state index is 0.331. The van der Waals surface area contributed by atoms with Gasteiger partial charge in [-0.05, 0) is 38.0 Å². The Morgan fingerprint density at radius 1 is 1.14 bits per heavy atom. The van der Waals surface area contributed by atoms with Gasteiger partial charge >= 0.3 is 0 Å². The van der Waals surface area contributed by atoms with E-state index in [1.54, 1.807) is 0 Å². The van der Waals surface area contributed by atoms with Gasteiger partial charge in [-0.1, -0.05) is 0 Å². The van der Waals surface area contributed by atoms with Gasteiger partial charge in [-0.2, -0.15) is 0 Å². The number of aromatic nitrogens is 2. The van der Waals surface area contributed by atoms with Crippen molar-refractivity contribution in [3.8, 4) is 0 Å². The average Bonchev–Trinajstić information content (AvgIpc) is 2.78. The third kappa shape index (κ3) is 3.84. The lowest BCUT2D eigenvalue weighted by molar-refractivity contribution is 0.0496. The van der Waals surface area contributed by atoms with Crippen molar-refractivity contribution >= 4 is 0 Å². The maximum atomic E-state index is 5.59. The number of hydrogen-bond acceptors (Lipinski definition) is 4. The molecule has 0 aliphatic carbocycles. The Morgan fingerprint density at radius 2 is 1.90 bits per heavy atom. The highest BCUT2D eigenvalue weighted by Crippen LogP contribution is 2.30. The Kier molecular flexibility index (Phi) is 5.27. The zero-order chi connectivity index (χ0) is 14.5. The van der Waals surface area contributed by atoms with Crippen LogP contribution in [-0.2, 0) is 16.5 Å². The second-order valence-electron chi connectivity index (χ2n) is 6.23. The summed E-state index contributed by atoms with van der Waals surface area (Å²) >= 11 is 0. The summed E-state index contributed by atoms with van der Waals surface area (Å²) in [7, 11) is 2.09. The third-order valence-electron chi connectivity index (χ3n) is 4.74. The van der Waals surface area contributed by atoms with E-state index in [2.05, 4.69) is 21.9 Å². The van der Waals surface area contributed by atoms with Crippen LogP contribution in [0.1, 0.15) is 44.0 Å². The van der Waals surface area contributed by atoms with Gasteiger partial charge in [-0.15, -0.1) is 0 Å². The summed E-state index contributed by atoms with van der Waals surface area (Å²) < 4.78 is 13.3. The van der Waals surface area contributed by atoms with Crippen LogP contribution in [0.15, 0.2) is 12.4 Å². The zero-order valence-electron chi connectivity index (χ0n) is 13.0. The highest BCUT2D eigenvalue weighted by Gasteiger charge is 2.30. The molecule has 1 aromatic rings. The fraction of sp³-hybridized carbons (Fsp3) is 0.812. The van der Waals surface area contributed by atoms with Crippen molar-refractivity contribution in [2.24, 2.45) is 13.0 Å². The van der Waals surface area contributed by atoms with Gasteiger partial charge < -0.3 is 19.4 Å². The molecule has 1 N–H and O–H groups in total. The molecule has 0 saturated carbocycles. The van der Waals surface area contributed by atoms with Gasteiger partial charge in [0.1, 0.15) is 5.82 Å². The largest absolute Gasteiger partial charge is 0.381 e. The van der Waals surface area contributed by atoms with E-state index < -0.39 is 0 Å². The summed E-state index contributed by atoms with van der Waals surface area (Å²) in [6, 6.07) is 0.869. The molecule has 5 nitrogen and oxygen atoms in total. The van der Waals surface area contributed by atoms with Crippen LogP contribution < -0.4 is 5.32 Å². The molecule has 0 spiro atoms. The van der Waals surface area contributed by atoms with Gasteiger partial charge in [0.15, 0.2) is 0 Å². The highest BCUT2D eigenvalue weighted by molar-refractivity contribution is 5.02. The molecule has 118 valence electrons. The van der Waals surface area contributed by atoms with Crippen molar-refractivity contribution in [2.45, 2.75) is 44.2 Å². The molecule has 0 aromatic carbocycles. The molecule has 0 bridgehead atoms. The number of imidazole rings is 1. The first-order valence-corrected chi connectivity index (χ1v) is 8.23. The number of rotatable bonds is 4. The van der Waals surface area contributed by atoms with E-state index in [-0.39, 0.29) is 0 Å². The van der Waals surface area contributed by atoms with Gasteiger partial charge in [0.05, 0.1) is 6.04 Å². The normalized spacial score (nSPS) is 26.4. The lowest BCUT2D eigenvalue weighted by Crippen LogP contribution is -2.40. The Bertz CT molecular complexity index is 421. The van der Waals surface area contributed by atoms with Crippen LogP contribution >= 0.6 is 0 Å². The van der Waals surface area contributed by atoms with Crippen molar-refractivity contribution in [2.75, 3.05) is 26.4 Å².